The van der Waals surface area contributed by atoms with Crippen LogP contribution in [0, 0.1) is 0 Å². The van der Waals surface area contributed by atoms with E-state index in [9.17, 15) is 0 Å². The summed E-state index contributed by atoms with van der Waals surface area (Å²) in [5, 5.41) is 6.58. The first-order valence-electron chi connectivity index (χ1n) is 8.51. The van der Waals surface area contributed by atoms with Crippen LogP contribution in [0.2, 0.25) is 0 Å². The zero-order valence-electron chi connectivity index (χ0n) is 16.4. The Bertz CT molecular complexity index is 516. The van der Waals surface area contributed by atoms with Gasteiger partial charge in [-0.15, -0.1) is 24.0 Å². The zero-order valence-corrected chi connectivity index (χ0v) is 18.7. The molecule has 7 nitrogen and oxygen atoms in total. The number of hydrogen-bond acceptors (Lipinski definition) is 5. The molecule has 0 unspecified atom stereocenters. The standard InChI is InChI=1S/C18H31N3O4.HI/c1-6-25-10-8-7-9-20-18(19-2)21-13-14-11-15(22-3)17(24-5)16(12-14)23-4;/h11-12H,6-10,13H2,1-5H3,(H2,19,20,21);1H. The largest absolute Gasteiger partial charge is 0.493 e. The molecule has 0 radical (unpaired) electrons. The molecule has 0 atom stereocenters. The SMILES string of the molecule is CCOCCCCNC(=NC)NCc1cc(OC)c(OC)c(OC)c1.I. The van der Waals surface area contributed by atoms with Gasteiger partial charge in [-0.25, -0.2) is 0 Å². The minimum absolute atomic E-state index is 0. The second kappa shape index (κ2) is 14.7. The van der Waals surface area contributed by atoms with Crippen LogP contribution < -0.4 is 24.8 Å². The maximum Gasteiger partial charge on any atom is 0.203 e. The topological polar surface area (TPSA) is 73.3 Å². The molecule has 150 valence electrons. The summed E-state index contributed by atoms with van der Waals surface area (Å²) in [7, 11) is 6.56. The van der Waals surface area contributed by atoms with E-state index >= 15 is 0 Å². The molecule has 0 aliphatic heterocycles. The van der Waals surface area contributed by atoms with Crippen molar-refractivity contribution < 1.29 is 18.9 Å². The van der Waals surface area contributed by atoms with Gasteiger partial charge in [-0.1, -0.05) is 0 Å². The quantitative estimate of drug-likeness (QED) is 0.219. The molecule has 1 rings (SSSR count). The predicted molar refractivity (Wildman–Crippen MR) is 115 cm³/mol. The van der Waals surface area contributed by atoms with E-state index in [4.69, 9.17) is 18.9 Å². The van der Waals surface area contributed by atoms with Crippen LogP contribution in [0.15, 0.2) is 17.1 Å². The molecule has 0 aromatic heterocycles. The van der Waals surface area contributed by atoms with Gasteiger partial charge in [0.25, 0.3) is 0 Å². The lowest BCUT2D eigenvalue weighted by molar-refractivity contribution is 0.143. The highest BCUT2D eigenvalue weighted by Crippen LogP contribution is 2.38. The number of rotatable bonds is 11. The van der Waals surface area contributed by atoms with Crippen molar-refractivity contribution in [2.75, 3.05) is 48.1 Å². The fourth-order valence-corrected chi connectivity index (χ4v) is 2.32. The Morgan fingerprint density at radius 3 is 2.15 bits per heavy atom. The van der Waals surface area contributed by atoms with Crippen LogP contribution >= 0.6 is 24.0 Å². The van der Waals surface area contributed by atoms with E-state index in [0.717, 1.165) is 44.1 Å². The zero-order chi connectivity index (χ0) is 18.5. The minimum Gasteiger partial charge on any atom is -0.493 e. The number of benzene rings is 1. The summed E-state index contributed by atoms with van der Waals surface area (Å²) in [6.07, 6.45) is 2.07. The van der Waals surface area contributed by atoms with Crippen molar-refractivity contribution in [1.82, 2.24) is 10.6 Å². The van der Waals surface area contributed by atoms with Gasteiger partial charge in [0.05, 0.1) is 21.3 Å². The van der Waals surface area contributed by atoms with Crippen LogP contribution in [0.4, 0.5) is 0 Å². The van der Waals surface area contributed by atoms with Gasteiger partial charge in [0.2, 0.25) is 5.75 Å². The number of methoxy groups -OCH3 is 3. The molecule has 0 aliphatic rings. The molecule has 0 saturated heterocycles. The third-order valence-electron chi connectivity index (χ3n) is 3.62. The van der Waals surface area contributed by atoms with Crippen LogP contribution in [0.25, 0.3) is 0 Å². The van der Waals surface area contributed by atoms with Gasteiger partial charge in [-0.2, -0.15) is 0 Å². The molecule has 0 heterocycles. The van der Waals surface area contributed by atoms with Gasteiger partial charge in [0.1, 0.15) is 0 Å². The van der Waals surface area contributed by atoms with Gasteiger partial charge in [0, 0.05) is 33.4 Å². The van der Waals surface area contributed by atoms with Gasteiger partial charge >= 0.3 is 0 Å². The molecule has 8 heteroatoms. The van der Waals surface area contributed by atoms with Crippen molar-refractivity contribution in [2.24, 2.45) is 4.99 Å². The smallest absolute Gasteiger partial charge is 0.203 e. The van der Waals surface area contributed by atoms with Crippen LogP contribution in [0.3, 0.4) is 0 Å². The molecule has 0 aliphatic carbocycles. The van der Waals surface area contributed by atoms with E-state index in [-0.39, 0.29) is 24.0 Å². The number of aliphatic imine (C=N–C) groups is 1. The number of guanidine groups is 1. The molecule has 1 aromatic rings. The van der Waals surface area contributed by atoms with Gasteiger partial charge in [-0.05, 0) is 37.5 Å². The summed E-state index contributed by atoms with van der Waals surface area (Å²) in [5.74, 6) is 2.62. The van der Waals surface area contributed by atoms with E-state index < -0.39 is 0 Å². The Hall–Kier alpha value is -1.42. The summed E-state index contributed by atoms with van der Waals surface area (Å²) in [4.78, 5) is 4.23. The molecule has 0 spiro atoms. The van der Waals surface area contributed by atoms with E-state index in [1.807, 2.05) is 19.1 Å². The number of unbranched alkanes of at least 4 members (excludes halogenated alkanes) is 1. The summed E-state index contributed by atoms with van der Waals surface area (Å²) in [6, 6.07) is 3.84. The number of nitrogens with one attached hydrogen (secondary N) is 2. The first-order valence-corrected chi connectivity index (χ1v) is 8.51. The summed E-state index contributed by atoms with van der Waals surface area (Å²) in [5.41, 5.74) is 1.01. The average molecular weight is 481 g/mol. The molecule has 1 aromatic carbocycles. The average Bonchev–Trinajstić information content (AvgIpc) is 2.65. The molecule has 0 bridgehead atoms. The Morgan fingerprint density at radius 1 is 1.00 bits per heavy atom. The van der Waals surface area contributed by atoms with E-state index in [1.165, 1.54) is 0 Å². The van der Waals surface area contributed by atoms with Crippen molar-refractivity contribution >= 4 is 29.9 Å². The number of hydrogen-bond donors (Lipinski definition) is 2. The fraction of sp³-hybridized carbons (Fsp3) is 0.611. The maximum atomic E-state index is 5.37. The second-order valence-corrected chi connectivity index (χ2v) is 5.29. The number of halogens is 1. The monoisotopic (exact) mass is 481 g/mol. The highest BCUT2D eigenvalue weighted by atomic mass is 127. The third-order valence-corrected chi connectivity index (χ3v) is 3.62. The van der Waals surface area contributed by atoms with E-state index in [2.05, 4.69) is 15.6 Å². The first kappa shape index (κ1) is 24.6. The van der Waals surface area contributed by atoms with Crippen molar-refractivity contribution in [3.63, 3.8) is 0 Å². The summed E-state index contributed by atoms with van der Waals surface area (Å²) < 4.78 is 21.4. The van der Waals surface area contributed by atoms with Crippen LogP contribution in [0.1, 0.15) is 25.3 Å². The lowest BCUT2D eigenvalue weighted by atomic mass is 10.2. The molecule has 0 fully saturated rings. The fourth-order valence-electron chi connectivity index (χ4n) is 2.32. The van der Waals surface area contributed by atoms with Crippen LogP contribution in [-0.2, 0) is 11.3 Å². The van der Waals surface area contributed by atoms with Crippen molar-refractivity contribution in [3.05, 3.63) is 17.7 Å². The van der Waals surface area contributed by atoms with Gasteiger partial charge in [0.15, 0.2) is 17.5 Å². The molecular weight excluding hydrogens is 449 g/mol. The van der Waals surface area contributed by atoms with E-state index in [0.29, 0.717) is 23.8 Å². The Morgan fingerprint density at radius 2 is 1.65 bits per heavy atom. The lowest BCUT2D eigenvalue weighted by Crippen LogP contribution is -2.37. The minimum atomic E-state index is 0. The maximum absolute atomic E-state index is 5.37. The summed E-state index contributed by atoms with van der Waals surface area (Å²) in [6.45, 7) is 5.02. The molecular formula is C18H32IN3O4. The first-order chi connectivity index (χ1) is 12.2. The van der Waals surface area contributed by atoms with E-state index in [1.54, 1.807) is 28.4 Å². The Labute approximate surface area is 173 Å². The van der Waals surface area contributed by atoms with Crippen molar-refractivity contribution in [2.45, 2.75) is 26.3 Å². The highest BCUT2D eigenvalue weighted by molar-refractivity contribution is 14.0. The normalized spacial score (nSPS) is 10.7. The molecule has 26 heavy (non-hydrogen) atoms. The van der Waals surface area contributed by atoms with Gasteiger partial charge < -0.3 is 29.6 Å². The Kier molecular flexibility index (Phi) is 13.9. The van der Waals surface area contributed by atoms with Crippen molar-refractivity contribution in [3.8, 4) is 17.2 Å². The van der Waals surface area contributed by atoms with Crippen molar-refractivity contribution in [1.29, 1.82) is 0 Å². The lowest BCUT2D eigenvalue weighted by Gasteiger charge is -2.16. The highest BCUT2D eigenvalue weighted by Gasteiger charge is 2.13. The molecule has 0 amide bonds. The van der Waals surface area contributed by atoms with Crippen LogP contribution in [0.5, 0.6) is 17.2 Å². The predicted octanol–water partition coefficient (Wildman–Crippen LogP) is 2.81. The molecule has 2 N–H and O–H groups in total. The Balaban J connectivity index is 0.00000625. The third kappa shape index (κ3) is 8.31. The number of ether oxygens (including phenoxy) is 4. The summed E-state index contributed by atoms with van der Waals surface area (Å²) >= 11 is 0. The van der Waals surface area contributed by atoms with Crippen LogP contribution in [-0.4, -0.2) is 54.1 Å². The number of nitrogens with zero attached hydrogens (tertiary/aromatic N) is 1. The van der Waals surface area contributed by atoms with Gasteiger partial charge in [-0.3, -0.25) is 4.99 Å². The molecule has 0 saturated carbocycles. The second-order valence-electron chi connectivity index (χ2n) is 5.29.